The number of hydrogen-bond acceptors (Lipinski definition) is 5. The van der Waals surface area contributed by atoms with Gasteiger partial charge in [0.1, 0.15) is 5.02 Å². The van der Waals surface area contributed by atoms with Gasteiger partial charge in [-0.1, -0.05) is 34.8 Å². The second kappa shape index (κ2) is 7.41. The minimum absolute atomic E-state index is 0.00719. The molecule has 24 heavy (non-hydrogen) atoms. The van der Waals surface area contributed by atoms with Crippen molar-refractivity contribution in [2.24, 2.45) is 5.41 Å². The molecule has 7 nitrogen and oxygen atoms in total. The predicted molar refractivity (Wildman–Crippen MR) is 89.9 cm³/mol. The number of carbonyl (C=O) groups is 1. The maximum Gasteiger partial charge on any atom is 0.311 e. The van der Waals surface area contributed by atoms with E-state index in [0.29, 0.717) is 0 Å². The van der Waals surface area contributed by atoms with Crippen LogP contribution in [-0.2, 0) is 4.79 Å². The fraction of sp³-hybridized carbons (Fsp3) is 0.500. The smallest absolute Gasteiger partial charge is 0.311 e. The molecule has 0 saturated carbocycles. The molecule has 0 aliphatic rings. The van der Waals surface area contributed by atoms with Crippen LogP contribution in [0, 0.1) is 22.5 Å². The van der Waals surface area contributed by atoms with E-state index in [1.807, 2.05) is 0 Å². The Bertz CT molecular complexity index is 692. The Hall–Kier alpha value is -1.12. The van der Waals surface area contributed by atoms with E-state index in [-0.39, 0.29) is 26.2 Å². The lowest BCUT2D eigenvalue weighted by atomic mass is 9.82. The van der Waals surface area contributed by atoms with Crippen LogP contribution in [0.1, 0.15) is 37.5 Å². The summed E-state index contributed by atoms with van der Waals surface area (Å²) in [5.41, 5.74) is -2.12. The van der Waals surface area contributed by atoms with Gasteiger partial charge in [-0.05, 0) is 20.8 Å². The highest BCUT2D eigenvalue weighted by atomic mass is 35.5. The SMILES string of the molecule is Cc1c(C(O)CC(O)C(C)(C)C(=O)O)c(Cl)c(Cl)c(Cl)c1[N+](=O)[O-]. The van der Waals surface area contributed by atoms with Crippen molar-refractivity contribution in [1.29, 1.82) is 0 Å². The van der Waals surface area contributed by atoms with Gasteiger partial charge in [0.2, 0.25) is 0 Å². The molecule has 0 fully saturated rings. The van der Waals surface area contributed by atoms with Gasteiger partial charge in [0, 0.05) is 17.5 Å². The molecular weight excluding hydrogens is 385 g/mol. The van der Waals surface area contributed by atoms with Crippen molar-refractivity contribution >= 4 is 46.5 Å². The normalized spacial score (nSPS) is 14.3. The molecule has 0 aromatic heterocycles. The van der Waals surface area contributed by atoms with Crippen LogP contribution in [0.15, 0.2) is 0 Å². The van der Waals surface area contributed by atoms with Crippen LogP contribution in [0.25, 0.3) is 0 Å². The first-order chi connectivity index (χ1) is 10.8. The average molecular weight is 401 g/mol. The van der Waals surface area contributed by atoms with E-state index in [2.05, 4.69) is 0 Å². The van der Waals surface area contributed by atoms with Crippen molar-refractivity contribution < 1.29 is 25.0 Å². The highest BCUT2D eigenvalue weighted by Gasteiger charge is 2.38. The topological polar surface area (TPSA) is 121 Å². The van der Waals surface area contributed by atoms with Gasteiger partial charge < -0.3 is 15.3 Å². The highest BCUT2D eigenvalue weighted by Crippen LogP contribution is 2.46. The molecule has 1 rings (SSSR count). The molecule has 0 saturated heterocycles. The number of nitrogens with zero attached hydrogens (tertiary/aromatic N) is 1. The van der Waals surface area contributed by atoms with Crippen molar-refractivity contribution in [2.45, 2.75) is 39.4 Å². The summed E-state index contributed by atoms with van der Waals surface area (Å²) in [4.78, 5) is 21.6. The molecule has 134 valence electrons. The third kappa shape index (κ3) is 3.75. The minimum atomic E-state index is -1.54. The number of nitro groups is 1. The van der Waals surface area contributed by atoms with Gasteiger partial charge in [-0.25, -0.2) is 0 Å². The van der Waals surface area contributed by atoms with Gasteiger partial charge >= 0.3 is 5.97 Å². The van der Waals surface area contributed by atoms with Gasteiger partial charge in [0.15, 0.2) is 0 Å². The molecule has 10 heteroatoms. The lowest BCUT2D eigenvalue weighted by Crippen LogP contribution is -2.38. The molecule has 0 heterocycles. The first-order valence-corrected chi connectivity index (χ1v) is 7.88. The Morgan fingerprint density at radius 3 is 2.12 bits per heavy atom. The Morgan fingerprint density at radius 1 is 1.21 bits per heavy atom. The van der Waals surface area contributed by atoms with Crippen LogP contribution in [0.4, 0.5) is 5.69 Å². The molecule has 1 aromatic rings. The van der Waals surface area contributed by atoms with Crippen molar-refractivity contribution in [3.8, 4) is 0 Å². The zero-order chi connectivity index (χ0) is 19.0. The lowest BCUT2D eigenvalue weighted by Gasteiger charge is -2.28. The summed E-state index contributed by atoms with van der Waals surface area (Å²) in [5, 5.41) is 39.9. The summed E-state index contributed by atoms with van der Waals surface area (Å²) in [6, 6.07) is 0. The number of halogens is 3. The van der Waals surface area contributed by atoms with Crippen LogP contribution >= 0.6 is 34.8 Å². The maximum absolute atomic E-state index is 11.2. The molecular formula is C14H16Cl3NO6. The number of nitro benzene ring substituents is 1. The van der Waals surface area contributed by atoms with Crippen LogP contribution in [0.2, 0.25) is 15.1 Å². The highest BCUT2D eigenvalue weighted by molar-refractivity contribution is 6.49. The third-order valence-corrected chi connectivity index (χ3v) is 5.27. The van der Waals surface area contributed by atoms with Gasteiger partial charge in [-0.15, -0.1) is 0 Å². The zero-order valence-electron chi connectivity index (χ0n) is 13.0. The Balaban J connectivity index is 3.37. The van der Waals surface area contributed by atoms with Gasteiger partial charge in [0.25, 0.3) is 5.69 Å². The minimum Gasteiger partial charge on any atom is -0.481 e. The molecule has 0 aliphatic heterocycles. The van der Waals surface area contributed by atoms with E-state index in [1.165, 1.54) is 20.8 Å². The number of benzene rings is 1. The van der Waals surface area contributed by atoms with Crippen LogP contribution < -0.4 is 0 Å². The zero-order valence-corrected chi connectivity index (χ0v) is 15.3. The summed E-state index contributed by atoms with van der Waals surface area (Å²) >= 11 is 17.8. The van der Waals surface area contributed by atoms with Crippen LogP contribution in [-0.4, -0.2) is 32.3 Å². The number of aliphatic carboxylic acids is 1. The number of carboxylic acids is 1. The molecule has 1 aromatic carbocycles. The monoisotopic (exact) mass is 399 g/mol. The average Bonchev–Trinajstić information content (AvgIpc) is 2.44. The maximum atomic E-state index is 11.2. The summed E-state index contributed by atoms with van der Waals surface area (Å²) < 4.78 is 0. The van der Waals surface area contributed by atoms with E-state index in [4.69, 9.17) is 39.9 Å². The first kappa shape index (κ1) is 20.9. The fourth-order valence-corrected chi connectivity index (χ4v) is 3.06. The number of rotatable bonds is 6. The van der Waals surface area contributed by atoms with Crippen molar-refractivity contribution in [2.75, 3.05) is 0 Å². The van der Waals surface area contributed by atoms with Crippen molar-refractivity contribution in [1.82, 2.24) is 0 Å². The van der Waals surface area contributed by atoms with E-state index >= 15 is 0 Å². The number of hydrogen-bond donors (Lipinski definition) is 3. The molecule has 2 unspecified atom stereocenters. The summed E-state index contributed by atoms with van der Waals surface area (Å²) in [6.07, 6.45) is -3.32. The molecule has 0 amide bonds. The van der Waals surface area contributed by atoms with Crippen LogP contribution in [0.3, 0.4) is 0 Å². The molecule has 3 N–H and O–H groups in total. The lowest BCUT2D eigenvalue weighted by molar-refractivity contribution is -0.385. The van der Waals surface area contributed by atoms with Crippen LogP contribution in [0.5, 0.6) is 0 Å². The number of aliphatic hydroxyl groups excluding tert-OH is 2. The second-order valence-corrected chi connectivity index (χ2v) is 7.01. The van der Waals surface area contributed by atoms with Gasteiger partial charge in [0.05, 0.1) is 32.6 Å². The Morgan fingerprint density at radius 2 is 1.71 bits per heavy atom. The van der Waals surface area contributed by atoms with Gasteiger partial charge in [-0.3, -0.25) is 14.9 Å². The van der Waals surface area contributed by atoms with Gasteiger partial charge in [-0.2, -0.15) is 0 Å². The number of aliphatic hydroxyl groups is 2. The molecule has 0 spiro atoms. The van der Waals surface area contributed by atoms with E-state index in [1.54, 1.807) is 0 Å². The molecule has 0 aliphatic carbocycles. The summed E-state index contributed by atoms with van der Waals surface area (Å²) in [7, 11) is 0. The first-order valence-electron chi connectivity index (χ1n) is 6.74. The quantitative estimate of drug-likeness (QED) is 0.380. The molecule has 0 bridgehead atoms. The van der Waals surface area contributed by atoms with Crippen molar-refractivity contribution in [3.63, 3.8) is 0 Å². The van der Waals surface area contributed by atoms with E-state index < -0.39 is 40.6 Å². The van der Waals surface area contributed by atoms with E-state index in [0.717, 1.165) is 0 Å². The molecule has 0 radical (unpaired) electrons. The largest absolute Gasteiger partial charge is 0.481 e. The standard InChI is InChI=1S/C14H16Cl3NO6/c1-5-8(6(19)4-7(20)14(2,3)13(21)22)9(15)10(16)11(17)12(5)18(23)24/h6-7,19-20H,4H2,1-3H3,(H,21,22). The Labute approximate surface area is 152 Å². The van der Waals surface area contributed by atoms with Crippen molar-refractivity contribution in [3.05, 3.63) is 36.3 Å². The predicted octanol–water partition coefficient (Wildman–Crippen LogP) is 3.76. The third-order valence-electron chi connectivity index (χ3n) is 3.94. The summed E-state index contributed by atoms with van der Waals surface area (Å²) in [5.74, 6) is -1.26. The fourth-order valence-electron chi connectivity index (χ4n) is 2.16. The Kier molecular flexibility index (Phi) is 6.46. The number of carboxylic acid groups (broad SMARTS) is 1. The van der Waals surface area contributed by atoms with E-state index in [9.17, 15) is 25.1 Å². The molecule has 2 atom stereocenters. The summed E-state index contributed by atoms with van der Waals surface area (Å²) in [6.45, 7) is 3.91. The second-order valence-electron chi connectivity index (χ2n) is 5.88.